The molecule has 5 heteroatoms. The molecule has 29 heavy (non-hydrogen) atoms. The largest absolute Gasteiger partial charge is 0.457 e. The third kappa shape index (κ3) is 4.95. The molecule has 0 saturated heterocycles. The molecule has 4 rings (SSSR count). The number of sulfonamides is 1. The third-order valence-electron chi connectivity index (χ3n) is 4.61. The molecule has 0 heterocycles. The lowest BCUT2D eigenvalue weighted by Crippen LogP contribution is -2.18. The molecule has 4 aromatic carbocycles. The van der Waals surface area contributed by atoms with Crippen LogP contribution in [-0.2, 0) is 16.4 Å². The molecule has 0 aliphatic carbocycles. The zero-order valence-electron chi connectivity index (χ0n) is 15.8. The molecule has 4 nitrogen and oxygen atoms in total. The molecule has 0 spiro atoms. The van der Waals surface area contributed by atoms with Crippen molar-refractivity contribution in [3.8, 4) is 11.5 Å². The highest BCUT2D eigenvalue weighted by Gasteiger charge is 2.11. The number of benzene rings is 4. The van der Waals surface area contributed by atoms with E-state index in [1.54, 1.807) is 24.3 Å². The van der Waals surface area contributed by atoms with Crippen LogP contribution in [0.2, 0.25) is 0 Å². The normalized spacial score (nSPS) is 11.3. The van der Waals surface area contributed by atoms with E-state index in [-0.39, 0.29) is 5.75 Å². The van der Waals surface area contributed by atoms with Gasteiger partial charge >= 0.3 is 0 Å². The van der Waals surface area contributed by atoms with Gasteiger partial charge in [0, 0.05) is 11.1 Å². The van der Waals surface area contributed by atoms with E-state index in [1.807, 2.05) is 72.8 Å². The van der Waals surface area contributed by atoms with Crippen molar-refractivity contribution in [1.29, 1.82) is 0 Å². The van der Waals surface area contributed by atoms with Crippen molar-refractivity contribution < 1.29 is 13.2 Å². The Morgan fingerprint density at radius 2 is 1.41 bits per heavy atom. The zero-order chi connectivity index (χ0) is 20.1. The Morgan fingerprint density at radius 1 is 0.724 bits per heavy atom. The smallest absolute Gasteiger partial charge is 0.233 e. The second-order valence-electron chi connectivity index (χ2n) is 6.76. The number of hydrogen-bond acceptors (Lipinski definition) is 3. The van der Waals surface area contributed by atoms with Gasteiger partial charge in [-0.25, -0.2) is 8.42 Å². The highest BCUT2D eigenvalue weighted by atomic mass is 32.2. The summed E-state index contributed by atoms with van der Waals surface area (Å²) in [4.78, 5) is 0. The predicted octanol–water partition coefficient (Wildman–Crippen LogP) is 5.62. The first kappa shape index (κ1) is 19.0. The third-order valence-corrected chi connectivity index (χ3v) is 5.90. The molecule has 0 bridgehead atoms. The molecule has 1 N–H and O–H groups in total. The first-order chi connectivity index (χ1) is 14.1. The number of anilines is 1. The van der Waals surface area contributed by atoms with Crippen LogP contribution in [0.3, 0.4) is 0 Å². The second-order valence-corrected chi connectivity index (χ2v) is 8.60. The van der Waals surface area contributed by atoms with Crippen LogP contribution in [0.5, 0.6) is 11.5 Å². The summed E-state index contributed by atoms with van der Waals surface area (Å²) in [6.45, 7) is 0. The Balaban J connectivity index is 1.42. The van der Waals surface area contributed by atoms with E-state index in [2.05, 4.69) is 4.72 Å². The van der Waals surface area contributed by atoms with Crippen molar-refractivity contribution in [3.05, 3.63) is 103 Å². The Kier molecular flexibility index (Phi) is 5.49. The summed E-state index contributed by atoms with van der Waals surface area (Å²) in [6, 6.07) is 30.4. The van der Waals surface area contributed by atoms with Crippen molar-refractivity contribution in [2.75, 3.05) is 10.5 Å². The highest BCUT2D eigenvalue weighted by Crippen LogP contribution is 2.30. The average molecular weight is 404 g/mol. The van der Waals surface area contributed by atoms with Gasteiger partial charge in [0.05, 0.1) is 5.75 Å². The molecular formula is C24H21NO3S. The number of hydrogen-bond donors (Lipinski definition) is 1. The maximum atomic E-state index is 12.4. The number of aryl methyl sites for hydroxylation is 1. The van der Waals surface area contributed by atoms with Crippen LogP contribution in [0, 0.1) is 0 Å². The lowest BCUT2D eigenvalue weighted by atomic mass is 10.1. The summed E-state index contributed by atoms with van der Waals surface area (Å²) < 4.78 is 33.3. The molecule has 146 valence electrons. The van der Waals surface area contributed by atoms with Crippen molar-refractivity contribution >= 4 is 26.5 Å². The molecule has 0 fully saturated rings. The van der Waals surface area contributed by atoms with Crippen LogP contribution in [-0.4, -0.2) is 14.2 Å². The SMILES string of the molecule is O=S(=O)(CCc1ccccc1)Nc1ccc(Oc2cccc3ccccc23)cc1. The number of rotatable bonds is 7. The van der Waals surface area contributed by atoms with E-state index in [1.165, 1.54) is 0 Å². The molecule has 4 aromatic rings. The lowest BCUT2D eigenvalue weighted by Gasteiger charge is -2.11. The van der Waals surface area contributed by atoms with Crippen molar-refractivity contribution in [2.45, 2.75) is 6.42 Å². The van der Waals surface area contributed by atoms with Crippen LogP contribution >= 0.6 is 0 Å². The number of ether oxygens (including phenoxy) is 1. The van der Waals surface area contributed by atoms with Gasteiger partial charge in [0.1, 0.15) is 11.5 Å². The van der Waals surface area contributed by atoms with Gasteiger partial charge in [0.25, 0.3) is 0 Å². The van der Waals surface area contributed by atoms with Crippen LogP contribution in [0.4, 0.5) is 5.69 Å². The number of nitrogens with one attached hydrogen (secondary N) is 1. The van der Waals surface area contributed by atoms with Gasteiger partial charge in [0.2, 0.25) is 10.0 Å². The fourth-order valence-electron chi connectivity index (χ4n) is 3.13. The molecular weight excluding hydrogens is 382 g/mol. The second kappa shape index (κ2) is 8.37. The molecule has 0 aliphatic heterocycles. The van der Waals surface area contributed by atoms with Gasteiger partial charge in [-0.1, -0.05) is 66.7 Å². The molecule has 0 saturated carbocycles. The summed E-state index contributed by atoms with van der Waals surface area (Å²) in [6.07, 6.45) is 0.471. The van der Waals surface area contributed by atoms with E-state index in [0.717, 1.165) is 22.1 Å². The zero-order valence-corrected chi connectivity index (χ0v) is 16.6. The van der Waals surface area contributed by atoms with E-state index < -0.39 is 10.0 Å². The summed E-state index contributed by atoms with van der Waals surface area (Å²) >= 11 is 0. The molecule has 0 aliphatic rings. The number of fused-ring (bicyclic) bond motifs is 1. The van der Waals surface area contributed by atoms with Gasteiger partial charge < -0.3 is 4.74 Å². The van der Waals surface area contributed by atoms with Crippen molar-refractivity contribution in [1.82, 2.24) is 0 Å². The van der Waals surface area contributed by atoms with Crippen LogP contribution < -0.4 is 9.46 Å². The quantitative estimate of drug-likeness (QED) is 0.436. The van der Waals surface area contributed by atoms with Crippen molar-refractivity contribution in [3.63, 3.8) is 0 Å². The highest BCUT2D eigenvalue weighted by molar-refractivity contribution is 7.92. The lowest BCUT2D eigenvalue weighted by molar-refractivity contribution is 0.488. The van der Waals surface area contributed by atoms with Crippen LogP contribution in [0.15, 0.2) is 97.1 Å². The molecule has 0 amide bonds. The molecule has 0 atom stereocenters. The maximum absolute atomic E-state index is 12.4. The fraction of sp³-hybridized carbons (Fsp3) is 0.0833. The summed E-state index contributed by atoms with van der Waals surface area (Å²) in [5.74, 6) is 1.44. The van der Waals surface area contributed by atoms with Gasteiger partial charge in [0.15, 0.2) is 0 Å². The molecule has 0 unspecified atom stereocenters. The Morgan fingerprint density at radius 3 is 2.21 bits per heavy atom. The van der Waals surface area contributed by atoms with Gasteiger partial charge in [-0.05, 0) is 47.7 Å². The van der Waals surface area contributed by atoms with E-state index >= 15 is 0 Å². The topological polar surface area (TPSA) is 55.4 Å². The van der Waals surface area contributed by atoms with Crippen LogP contribution in [0.1, 0.15) is 5.56 Å². The van der Waals surface area contributed by atoms with Crippen molar-refractivity contribution in [2.24, 2.45) is 0 Å². The minimum Gasteiger partial charge on any atom is -0.457 e. The van der Waals surface area contributed by atoms with Gasteiger partial charge in [-0.2, -0.15) is 0 Å². The fourth-order valence-corrected chi connectivity index (χ4v) is 4.23. The molecule has 0 aromatic heterocycles. The molecule has 0 radical (unpaired) electrons. The summed E-state index contributed by atoms with van der Waals surface area (Å²) in [5, 5.41) is 2.13. The monoisotopic (exact) mass is 403 g/mol. The summed E-state index contributed by atoms with van der Waals surface area (Å²) in [7, 11) is -3.42. The Labute approximate surface area is 170 Å². The van der Waals surface area contributed by atoms with Gasteiger partial charge in [-0.3, -0.25) is 4.72 Å². The van der Waals surface area contributed by atoms with Gasteiger partial charge in [-0.15, -0.1) is 0 Å². The first-order valence-electron chi connectivity index (χ1n) is 9.39. The minimum absolute atomic E-state index is 0.0330. The Bertz CT molecular complexity index is 1200. The average Bonchev–Trinajstić information content (AvgIpc) is 2.75. The van der Waals surface area contributed by atoms with E-state index in [0.29, 0.717) is 17.9 Å². The van der Waals surface area contributed by atoms with E-state index in [9.17, 15) is 8.42 Å². The van der Waals surface area contributed by atoms with Crippen LogP contribution in [0.25, 0.3) is 10.8 Å². The summed E-state index contributed by atoms with van der Waals surface area (Å²) in [5.41, 5.74) is 1.51. The standard InChI is InChI=1S/C24H21NO3S/c26-29(27,18-17-19-7-2-1-3-8-19)25-21-13-15-22(16-14-21)28-24-12-6-10-20-9-4-5-11-23(20)24/h1-16,25H,17-18H2. The predicted molar refractivity (Wildman–Crippen MR) is 118 cm³/mol. The van der Waals surface area contributed by atoms with E-state index in [4.69, 9.17) is 4.74 Å². The minimum atomic E-state index is -3.42. The first-order valence-corrected chi connectivity index (χ1v) is 11.0. The Hall–Kier alpha value is -3.31. The maximum Gasteiger partial charge on any atom is 0.233 e.